The number of carbonyl (C=O) groups excluding carboxylic acids is 1. The highest BCUT2D eigenvalue weighted by Crippen LogP contribution is 2.26. The van der Waals surface area contributed by atoms with E-state index in [4.69, 9.17) is 5.84 Å². The van der Waals surface area contributed by atoms with Gasteiger partial charge in [0.2, 0.25) is 0 Å². The predicted octanol–water partition coefficient (Wildman–Crippen LogP) is 2.59. The van der Waals surface area contributed by atoms with Gasteiger partial charge >= 0.3 is 0 Å². The van der Waals surface area contributed by atoms with E-state index >= 15 is 0 Å². The number of nitrogens with one attached hydrogen (secondary N) is 1. The fourth-order valence-corrected chi connectivity index (χ4v) is 2.79. The van der Waals surface area contributed by atoms with Crippen molar-refractivity contribution in [2.24, 2.45) is 5.84 Å². The molecule has 0 atom stereocenters. The van der Waals surface area contributed by atoms with E-state index in [1.807, 2.05) is 12.1 Å². The summed E-state index contributed by atoms with van der Waals surface area (Å²) in [7, 11) is 0. The molecule has 0 bridgehead atoms. The summed E-state index contributed by atoms with van der Waals surface area (Å²) in [5.41, 5.74) is 5.80. The number of rotatable bonds is 4. The third-order valence-electron chi connectivity index (χ3n) is 2.88. The van der Waals surface area contributed by atoms with Crippen LogP contribution in [0, 0.1) is 13.8 Å². The second-order valence-corrected chi connectivity index (χ2v) is 5.56. The van der Waals surface area contributed by atoms with Gasteiger partial charge in [0.25, 0.3) is 5.91 Å². The van der Waals surface area contributed by atoms with E-state index in [1.165, 1.54) is 16.0 Å². The van der Waals surface area contributed by atoms with Crippen LogP contribution in [0.3, 0.4) is 0 Å². The smallest absolute Gasteiger partial charge is 0.283 e. The fraction of sp³-hybridized carbons (Fsp3) is 0.200. The van der Waals surface area contributed by atoms with Gasteiger partial charge in [-0.05, 0) is 37.6 Å². The average Bonchev–Trinajstić information content (AvgIpc) is 2.46. The van der Waals surface area contributed by atoms with Gasteiger partial charge in [-0.25, -0.2) is 10.8 Å². The molecule has 1 amide bonds. The third kappa shape index (κ3) is 3.59. The highest BCUT2D eigenvalue weighted by atomic mass is 32.2. The SMILES string of the molecule is Cc1ccc(SCc2cccc(C(=O)NN)n2)c(C)c1. The van der Waals surface area contributed by atoms with Crippen molar-refractivity contribution >= 4 is 17.7 Å². The molecule has 2 aromatic rings. The van der Waals surface area contributed by atoms with Gasteiger partial charge in [-0.1, -0.05) is 23.8 Å². The number of aryl methyl sites for hydroxylation is 2. The number of hydrogen-bond donors (Lipinski definition) is 2. The molecule has 0 radical (unpaired) electrons. The molecule has 2 rings (SSSR count). The molecule has 3 N–H and O–H groups in total. The second kappa shape index (κ2) is 6.54. The number of hydrazine groups is 1. The summed E-state index contributed by atoms with van der Waals surface area (Å²) in [6, 6.07) is 11.7. The molecule has 4 nitrogen and oxygen atoms in total. The number of carbonyl (C=O) groups is 1. The topological polar surface area (TPSA) is 68.0 Å². The number of pyridine rings is 1. The highest BCUT2D eigenvalue weighted by Gasteiger charge is 2.07. The number of thioether (sulfide) groups is 1. The summed E-state index contributed by atoms with van der Waals surface area (Å²) in [6.45, 7) is 4.18. The largest absolute Gasteiger partial charge is 0.289 e. The number of amides is 1. The molecular weight excluding hydrogens is 270 g/mol. The zero-order valence-electron chi connectivity index (χ0n) is 11.5. The first-order valence-electron chi connectivity index (χ1n) is 6.27. The van der Waals surface area contributed by atoms with Crippen molar-refractivity contribution in [2.45, 2.75) is 24.5 Å². The molecule has 0 unspecified atom stereocenters. The standard InChI is InChI=1S/C15H17N3OS/c1-10-6-7-14(11(2)8-10)20-9-12-4-3-5-13(17-12)15(19)18-16/h3-8H,9,16H2,1-2H3,(H,18,19). The van der Waals surface area contributed by atoms with Gasteiger partial charge in [-0.3, -0.25) is 10.2 Å². The summed E-state index contributed by atoms with van der Waals surface area (Å²) < 4.78 is 0. The highest BCUT2D eigenvalue weighted by molar-refractivity contribution is 7.98. The van der Waals surface area contributed by atoms with Crippen molar-refractivity contribution in [2.75, 3.05) is 0 Å². The Morgan fingerprint density at radius 2 is 2.10 bits per heavy atom. The zero-order chi connectivity index (χ0) is 14.5. The maximum Gasteiger partial charge on any atom is 0.283 e. The van der Waals surface area contributed by atoms with E-state index in [2.05, 4.69) is 42.5 Å². The molecule has 0 saturated heterocycles. The van der Waals surface area contributed by atoms with E-state index in [9.17, 15) is 4.79 Å². The van der Waals surface area contributed by atoms with Crippen LogP contribution in [0.1, 0.15) is 27.3 Å². The van der Waals surface area contributed by atoms with Crippen LogP contribution in [0.25, 0.3) is 0 Å². The Morgan fingerprint density at radius 3 is 2.80 bits per heavy atom. The lowest BCUT2D eigenvalue weighted by molar-refractivity contribution is 0.0948. The molecule has 0 spiro atoms. The first-order valence-corrected chi connectivity index (χ1v) is 7.25. The average molecular weight is 287 g/mol. The molecule has 0 aliphatic heterocycles. The van der Waals surface area contributed by atoms with Crippen molar-refractivity contribution in [3.63, 3.8) is 0 Å². The van der Waals surface area contributed by atoms with Gasteiger partial charge < -0.3 is 0 Å². The van der Waals surface area contributed by atoms with E-state index in [1.54, 1.807) is 17.8 Å². The van der Waals surface area contributed by atoms with Gasteiger partial charge in [-0.15, -0.1) is 11.8 Å². The molecule has 0 aliphatic rings. The maximum absolute atomic E-state index is 11.4. The summed E-state index contributed by atoms with van der Waals surface area (Å²) in [4.78, 5) is 16.9. The minimum atomic E-state index is -0.372. The summed E-state index contributed by atoms with van der Waals surface area (Å²) >= 11 is 1.71. The second-order valence-electron chi connectivity index (χ2n) is 4.55. The van der Waals surface area contributed by atoms with Crippen molar-refractivity contribution in [3.8, 4) is 0 Å². The van der Waals surface area contributed by atoms with Crippen molar-refractivity contribution in [3.05, 3.63) is 58.9 Å². The van der Waals surface area contributed by atoms with Crippen molar-refractivity contribution < 1.29 is 4.79 Å². The zero-order valence-corrected chi connectivity index (χ0v) is 12.3. The van der Waals surface area contributed by atoms with Crippen LogP contribution in [-0.4, -0.2) is 10.9 Å². The number of aromatic nitrogens is 1. The minimum absolute atomic E-state index is 0.339. The van der Waals surface area contributed by atoms with Crippen molar-refractivity contribution in [1.82, 2.24) is 10.4 Å². The molecule has 0 aliphatic carbocycles. The van der Waals surface area contributed by atoms with Gasteiger partial charge in [0.1, 0.15) is 5.69 Å². The predicted molar refractivity (Wildman–Crippen MR) is 81.4 cm³/mol. The van der Waals surface area contributed by atoms with Gasteiger partial charge in [0.05, 0.1) is 5.69 Å². The van der Waals surface area contributed by atoms with Crippen LogP contribution in [-0.2, 0) is 5.75 Å². The van der Waals surface area contributed by atoms with Gasteiger partial charge in [0, 0.05) is 10.6 Å². The van der Waals surface area contributed by atoms with Crippen molar-refractivity contribution in [1.29, 1.82) is 0 Å². The Hall–Kier alpha value is -1.85. The molecule has 0 saturated carbocycles. The number of nitrogen functional groups attached to an aromatic ring is 1. The lowest BCUT2D eigenvalue weighted by atomic mass is 10.2. The lowest BCUT2D eigenvalue weighted by Crippen LogP contribution is -2.30. The van der Waals surface area contributed by atoms with Crippen LogP contribution in [0.15, 0.2) is 41.3 Å². The number of benzene rings is 1. The van der Waals surface area contributed by atoms with E-state index in [-0.39, 0.29) is 5.91 Å². The maximum atomic E-state index is 11.4. The number of nitrogens with two attached hydrogens (primary N) is 1. The van der Waals surface area contributed by atoms with Crippen LogP contribution in [0.2, 0.25) is 0 Å². The number of hydrogen-bond acceptors (Lipinski definition) is 4. The molecule has 1 aromatic heterocycles. The van der Waals surface area contributed by atoms with Crippen LogP contribution in [0.4, 0.5) is 0 Å². The Labute approximate surface area is 122 Å². The molecule has 1 aromatic carbocycles. The third-order valence-corrected chi connectivity index (χ3v) is 4.09. The van der Waals surface area contributed by atoms with Crippen LogP contribution < -0.4 is 11.3 Å². The first kappa shape index (κ1) is 14.6. The number of nitrogens with zero attached hydrogens (tertiary/aromatic N) is 1. The first-order chi connectivity index (χ1) is 9.60. The monoisotopic (exact) mass is 287 g/mol. The van der Waals surface area contributed by atoms with E-state index in [0.29, 0.717) is 5.69 Å². The molecule has 0 fully saturated rings. The Bertz CT molecular complexity index is 628. The summed E-state index contributed by atoms with van der Waals surface area (Å²) in [5, 5.41) is 0. The molecule has 5 heteroatoms. The Morgan fingerprint density at radius 1 is 1.30 bits per heavy atom. The van der Waals surface area contributed by atoms with Crippen LogP contribution >= 0.6 is 11.8 Å². The summed E-state index contributed by atoms with van der Waals surface area (Å²) in [5.74, 6) is 5.45. The molecule has 1 heterocycles. The van der Waals surface area contributed by atoms with Gasteiger partial charge in [0.15, 0.2) is 0 Å². The minimum Gasteiger partial charge on any atom is -0.289 e. The Balaban J connectivity index is 2.09. The normalized spacial score (nSPS) is 10.3. The summed E-state index contributed by atoms with van der Waals surface area (Å²) in [6.07, 6.45) is 0. The molecule has 104 valence electrons. The van der Waals surface area contributed by atoms with E-state index in [0.717, 1.165) is 11.4 Å². The quantitative estimate of drug-likeness (QED) is 0.392. The molecular formula is C15H17N3OS. The Kier molecular flexibility index (Phi) is 4.76. The van der Waals surface area contributed by atoms with E-state index < -0.39 is 0 Å². The van der Waals surface area contributed by atoms with Crippen LogP contribution in [0.5, 0.6) is 0 Å². The van der Waals surface area contributed by atoms with Gasteiger partial charge in [-0.2, -0.15) is 0 Å². The molecule has 20 heavy (non-hydrogen) atoms. The lowest BCUT2D eigenvalue weighted by Gasteiger charge is -2.07. The fourth-order valence-electron chi connectivity index (χ4n) is 1.87.